The number of benzene rings is 1. The van der Waals surface area contributed by atoms with Gasteiger partial charge in [-0.25, -0.2) is 0 Å². The molecule has 0 fully saturated rings. The van der Waals surface area contributed by atoms with Crippen LogP contribution in [0, 0.1) is 0 Å². The normalized spacial score (nSPS) is 12.7. The van der Waals surface area contributed by atoms with Gasteiger partial charge in [-0.15, -0.1) is 0 Å². The predicted octanol–water partition coefficient (Wildman–Crippen LogP) is 2.28. The molecule has 20 heavy (non-hydrogen) atoms. The molecule has 114 valence electrons. The number of rotatable bonds is 8. The fraction of sp³-hybridized carbons (Fsp3) is 0.625. The lowest BCUT2D eigenvalue weighted by Gasteiger charge is -2.26. The minimum Gasteiger partial charge on any atom is -0.396 e. The van der Waals surface area contributed by atoms with Gasteiger partial charge in [0, 0.05) is 13.2 Å². The molecule has 1 aromatic carbocycles. The van der Waals surface area contributed by atoms with Crippen molar-refractivity contribution in [3.05, 3.63) is 24.3 Å². The lowest BCUT2D eigenvalue weighted by Crippen LogP contribution is -2.45. The number of hydrogen-bond donors (Lipinski definition) is 2. The minimum absolute atomic E-state index is 0.301. The Morgan fingerprint density at radius 2 is 1.00 bits per heavy atom. The summed E-state index contributed by atoms with van der Waals surface area (Å²) in [6.45, 7) is 10.1. The van der Waals surface area contributed by atoms with Crippen molar-refractivity contribution in [1.29, 1.82) is 0 Å². The third-order valence-corrected chi connectivity index (χ3v) is 11.4. The second-order valence-corrected chi connectivity index (χ2v) is 16.7. The Hall–Kier alpha value is -0.426. The lowest BCUT2D eigenvalue weighted by atomic mass is 10.4. The third kappa shape index (κ3) is 4.84. The Morgan fingerprint density at radius 1 is 0.700 bits per heavy atom. The summed E-state index contributed by atoms with van der Waals surface area (Å²) in [5.74, 6) is 0. The standard InChI is InChI=1S/C16H30O2Si2/c1-19(2,13-5-11-17)15-7-9-16(10-8-15)20(3,4)14-6-12-18/h7-10,17-18H,5-6,11-14H2,1-4H3. The van der Waals surface area contributed by atoms with Crippen LogP contribution in [0.5, 0.6) is 0 Å². The van der Waals surface area contributed by atoms with Crippen LogP contribution in [0.2, 0.25) is 38.3 Å². The topological polar surface area (TPSA) is 40.5 Å². The zero-order chi connectivity index (χ0) is 15.2. The van der Waals surface area contributed by atoms with Crippen LogP contribution in [-0.2, 0) is 0 Å². The van der Waals surface area contributed by atoms with Crippen molar-refractivity contribution in [2.75, 3.05) is 13.2 Å². The van der Waals surface area contributed by atoms with Gasteiger partial charge in [-0.3, -0.25) is 0 Å². The van der Waals surface area contributed by atoms with Gasteiger partial charge in [-0.1, -0.05) is 72.9 Å². The lowest BCUT2D eigenvalue weighted by molar-refractivity contribution is 0.294. The Labute approximate surface area is 125 Å². The van der Waals surface area contributed by atoms with E-state index in [9.17, 15) is 0 Å². The molecule has 4 heteroatoms. The SMILES string of the molecule is C[Si](C)(CCCO)c1ccc([Si](C)(C)CCCO)cc1. The molecule has 2 N–H and O–H groups in total. The maximum absolute atomic E-state index is 9.02. The molecule has 0 saturated carbocycles. The highest BCUT2D eigenvalue weighted by molar-refractivity contribution is 6.91. The highest BCUT2D eigenvalue weighted by Gasteiger charge is 2.25. The largest absolute Gasteiger partial charge is 0.396 e. The molecular weight excluding hydrogens is 280 g/mol. The number of aliphatic hydroxyl groups is 2. The molecule has 1 aromatic rings. The van der Waals surface area contributed by atoms with E-state index in [-0.39, 0.29) is 0 Å². The van der Waals surface area contributed by atoms with E-state index < -0.39 is 16.1 Å². The van der Waals surface area contributed by atoms with Crippen molar-refractivity contribution in [3.63, 3.8) is 0 Å². The van der Waals surface area contributed by atoms with Crippen LogP contribution >= 0.6 is 0 Å². The van der Waals surface area contributed by atoms with E-state index in [0.717, 1.165) is 24.9 Å². The van der Waals surface area contributed by atoms with Crippen molar-refractivity contribution < 1.29 is 10.2 Å². The summed E-state index contributed by atoms with van der Waals surface area (Å²) in [6.07, 6.45) is 1.83. The van der Waals surface area contributed by atoms with Crippen LogP contribution in [0.15, 0.2) is 24.3 Å². The summed E-state index contributed by atoms with van der Waals surface area (Å²) in [4.78, 5) is 0. The second-order valence-electron chi connectivity index (χ2n) is 7.00. The van der Waals surface area contributed by atoms with E-state index in [1.165, 1.54) is 10.4 Å². The Bertz CT molecular complexity index is 360. The molecule has 2 nitrogen and oxygen atoms in total. The van der Waals surface area contributed by atoms with Crippen molar-refractivity contribution in [2.24, 2.45) is 0 Å². The molecule has 0 aliphatic carbocycles. The van der Waals surface area contributed by atoms with E-state index in [1.54, 1.807) is 0 Å². The molecule has 1 rings (SSSR count). The van der Waals surface area contributed by atoms with E-state index in [4.69, 9.17) is 10.2 Å². The Balaban J connectivity index is 2.82. The Morgan fingerprint density at radius 3 is 1.25 bits per heavy atom. The minimum atomic E-state index is -1.39. The zero-order valence-corrected chi connectivity index (χ0v) is 15.4. The van der Waals surface area contributed by atoms with E-state index in [1.807, 2.05) is 0 Å². The van der Waals surface area contributed by atoms with Gasteiger partial charge in [-0.05, 0) is 12.8 Å². The molecule has 0 atom stereocenters. The van der Waals surface area contributed by atoms with Gasteiger partial charge in [0.25, 0.3) is 0 Å². The molecule has 0 bridgehead atoms. The molecule has 0 aliphatic heterocycles. The molecule has 0 heterocycles. The van der Waals surface area contributed by atoms with Crippen molar-refractivity contribution in [1.82, 2.24) is 0 Å². The highest BCUT2D eigenvalue weighted by Crippen LogP contribution is 2.14. The summed E-state index contributed by atoms with van der Waals surface area (Å²) in [7, 11) is -2.78. The smallest absolute Gasteiger partial charge is 0.0807 e. The molecule has 0 aliphatic rings. The summed E-state index contributed by atoms with van der Waals surface area (Å²) >= 11 is 0. The summed E-state index contributed by atoms with van der Waals surface area (Å²) in [6, 6.07) is 11.5. The summed E-state index contributed by atoms with van der Waals surface area (Å²) < 4.78 is 0. The average molecular weight is 311 g/mol. The van der Waals surface area contributed by atoms with Crippen LogP contribution in [0.25, 0.3) is 0 Å². The summed E-state index contributed by atoms with van der Waals surface area (Å²) in [5.41, 5.74) is 0. The van der Waals surface area contributed by atoms with Gasteiger partial charge in [-0.2, -0.15) is 0 Å². The molecule has 0 amide bonds. The van der Waals surface area contributed by atoms with Crippen molar-refractivity contribution in [3.8, 4) is 0 Å². The second kappa shape index (κ2) is 7.54. The van der Waals surface area contributed by atoms with Gasteiger partial charge in [0.05, 0.1) is 16.1 Å². The van der Waals surface area contributed by atoms with Crippen molar-refractivity contribution >= 4 is 26.5 Å². The first-order valence-corrected chi connectivity index (χ1v) is 14.1. The maximum atomic E-state index is 9.02. The third-order valence-electron chi connectivity index (χ3n) is 4.37. The number of hydrogen-bond acceptors (Lipinski definition) is 2. The molecule has 0 radical (unpaired) electrons. The fourth-order valence-electron chi connectivity index (χ4n) is 2.70. The van der Waals surface area contributed by atoms with Crippen molar-refractivity contribution in [2.45, 2.75) is 51.1 Å². The molecule has 0 saturated heterocycles. The zero-order valence-electron chi connectivity index (χ0n) is 13.4. The monoisotopic (exact) mass is 310 g/mol. The van der Waals surface area contributed by atoms with Gasteiger partial charge < -0.3 is 10.2 Å². The molecule has 0 unspecified atom stereocenters. The van der Waals surface area contributed by atoms with Gasteiger partial charge in [0.15, 0.2) is 0 Å². The van der Waals surface area contributed by atoms with Crippen LogP contribution in [0.4, 0.5) is 0 Å². The van der Waals surface area contributed by atoms with Gasteiger partial charge in [0.2, 0.25) is 0 Å². The summed E-state index contributed by atoms with van der Waals surface area (Å²) in [5, 5.41) is 21.0. The molecule has 0 aromatic heterocycles. The molecular formula is C16H30O2Si2. The average Bonchev–Trinajstić information content (AvgIpc) is 2.43. The predicted molar refractivity (Wildman–Crippen MR) is 93.7 cm³/mol. The quantitative estimate of drug-likeness (QED) is 0.723. The first kappa shape index (κ1) is 17.6. The maximum Gasteiger partial charge on any atom is 0.0807 e. The van der Waals surface area contributed by atoms with Gasteiger partial charge >= 0.3 is 0 Å². The van der Waals surface area contributed by atoms with E-state index in [2.05, 4.69) is 50.5 Å². The van der Waals surface area contributed by atoms with Crippen LogP contribution in [-0.4, -0.2) is 39.6 Å². The fourth-order valence-corrected chi connectivity index (χ4v) is 7.50. The number of aliphatic hydroxyl groups excluding tert-OH is 2. The first-order valence-electron chi connectivity index (χ1n) is 7.66. The Kier molecular flexibility index (Phi) is 6.65. The van der Waals surface area contributed by atoms with Crippen LogP contribution < -0.4 is 10.4 Å². The highest BCUT2D eigenvalue weighted by atomic mass is 28.3. The van der Waals surface area contributed by atoms with E-state index in [0.29, 0.717) is 13.2 Å². The van der Waals surface area contributed by atoms with Gasteiger partial charge in [0.1, 0.15) is 0 Å². The first-order chi connectivity index (χ1) is 9.33. The van der Waals surface area contributed by atoms with E-state index >= 15 is 0 Å². The van der Waals surface area contributed by atoms with Crippen LogP contribution in [0.1, 0.15) is 12.8 Å². The van der Waals surface area contributed by atoms with Crippen LogP contribution in [0.3, 0.4) is 0 Å². The molecule has 0 spiro atoms.